The van der Waals surface area contributed by atoms with Crippen molar-refractivity contribution in [3.63, 3.8) is 0 Å². The third-order valence-corrected chi connectivity index (χ3v) is 5.88. The summed E-state index contributed by atoms with van der Waals surface area (Å²) in [6.07, 6.45) is 4.36. The Balaban J connectivity index is 2.46. The van der Waals surface area contributed by atoms with Crippen molar-refractivity contribution in [1.82, 2.24) is 21.5 Å². The van der Waals surface area contributed by atoms with E-state index >= 15 is 0 Å². The van der Waals surface area contributed by atoms with Crippen molar-refractivity contribution >= 4 is 29.7 Å². The van der Waals surface area contributed by atoms with E-state index < -0.39 is 22.2 Å². The van der Waals surface area contributed by atoms with Gasteiger partial charge >= 0.3 is 5.97 Å². The Labute approximate surface area is 254 Å². The minimum absolute atomic E-state index is 0.0594. The number of hydrogen-bond acceptors (Lipinski definition) is 10. The number of nitrogens with zero attached hydrogens (tertiary/aromatic N) is 4. The van der Waals surface area contributed by atoms with Crippen LogP contribution in [0.1, 0.15) is 76.2 Å². The number of guanidine groups is 2. The molecule has 0 unspecified atom stereocenters. The van der Waals surface area contributed by atoms with Crippen molar-refractivity contribution < 1.29 is 29.2 Å². The number of amides is 2. The van der Waals surface area contributed by atoms with Crippen LogP contribution in [-0.2, 0) is 25.7 Å². The van der Waals surface area contributed by atoms with Gasteiger partial charge in [-0.1, -0.05) is 66.9 Å². The van der Waals surface area contributed by atoms with Gasteiger partial charge in [0.25, 0.3) is 11.9 Å². The average molecular weight is 623 g/mol. The van der Waals surface area contributed by atoms with Crippen LogP contribution in [0.2, 0.25) is 0 Å². The highest BCUT2D eigenvalue weighted by molar-refractivity contribution is 5.81. The van der Waals surface area contributed by atoms with Crippen LogP contribution in [0.25, 0.3) is 0 Å². The first-order valence-electron chi connectivity index (χ1n) is 14.3. The summed E-state index contributed by atoms with van der Waals surface area (Å²) in [6, 6.07) is 9.10. The van der Waals surface area contributed by atoms with Gasteiger partial charge in [-0.15, -0.1) is 0 Å². The first-order valence-corrected chi connectivity index (χ1v) is 14.3. The molecule has 2 amide bonds. The molecule has 0 bridgehead atoms. The van der Waals surface area contributed by atoms with Gasteiger partial charge in [-0.05, 0) is 31.2 Å². The van der Waals surface area contributed by atoms with Gasteiger partial charge in [-0.25, -0.2) is 30.2 Å². The number of nitrogens with one attached hydrogen (secondary N) is 4. The van der Waals surface area contributed by atoms with Gasteiger partial charge in [-0.3, -0.25) is 14.4 Å². The summed E-state index contributed by atoms with van der Waals surface area (Å²) >= 11 is 0. The number of ether oxygens (including phenoxy) is 1. The molecule has 0 spiro atoms. The predicted molar refractivity (Wildman–Crippen MR) is 160 cm³/mol. The summed E-state index contributed by atoms with van der Waals surface area (Å²) in [5.41, 5.74) is 15.0. The zero-order valence-electron chi connectivity index (χ0n) is 24.6. The number of nitrogens with two attached hydrogens (primary N) is 2. The first-order chi connectivity index (χ1) is 21.0. The Bertz CT molecular complexity index is 1060. The smallest absolute Gasteiger partial charge is 0.310 e. The van der Waals surface area contributed by atoms with E-state index in [1.165, 1.54) is 0 Å². The van der Waals surface area contributed by atoms with Crippen molar-refractivity contribution in [2.75, 3.05) is 13.1 Å². The summed E-state index contributed by atoms with van der Waals surface area (Å²) in [4.78, 5) is 65.8. The Kier molecular flexibility index (Phi) is 19.0. The van der Waals surface area contributed by atoms with Gasteiger partial charge in [0.2, 0.25) is 11.8 Å². The topological polar surface area (TPSA) is 272 Å². The number of hydrazine groups is 2. The molecule has 0 aromatic heterocycles. The van der Waals surface area contributed by atoms with Gasteiger partial charge in [0.1, 0.15) is 12.8 Å². The first kappa shape index (κ1) is 37.0. The third-order valence-electron chi connectivity index (χ3n) is 5.88. The summed E-state index contributed by atoms with van der Waals surface area (Å²) in [7, 11) is 0. The maximum Gasteiger partial charge on any atom is 0.310 e. The van der Waals surface area contributed by atoms with Crippen molar-refractivity contribution in [2.24, 2.45) is 21.5 Å². The van der Waals surface area contributed by atoms with Crippen molar-refractivity contribution in [3.8, 4) is 0 Å². The number of carbonyl (C=O) groups is 3. The van der Waals surface area contributed by atoms with E-state index in [-0.39, 0.29) is 49.6 Å². The van der Waals surface area contributed by atoms with Gasteiger partial charge in [0.15, 0.2) is 10.1 Å². The Morgan fingerprint density at radius 3 is 1.66 bits per heavy atom. The van der Waals surface area contributed by atoms with Crippen molar-refractivity contribution in [2.45, 2.75) is 83.4 Å². The second kappa shape index (κ2) is 22.6. The normalized spacial score (nSPS) is 12.1. The molecule has 0 radical (unpaired) electrons. The molecule has 8 N–H and O–H groups in total. The van der Waals surface area contributed by atoms with Gasteiger partial charge < -0.3 is 26.8 Å². The number of carbonyl (C=O) groups excluding carboxylic acids is 3. The van der Waals surface area contributed by atoms with E-state index in [2.05, 4.69) is 20.6 Å². The summed E-state index contributed by atoms with van der Waals surface area (Å²) in [5, 5.41) is 24.4. The Hall–Kier alpha value is -5.03. The number of nitro groups is 2. The molecule has 0 atom stereocenters. The Morgan fingerprint density at radius 2 is 1.20 bits per heavy atom. The zero-order valence-corrected chi connectivity index (χ0v) is 24.6. The van der Waals surface area contributed by atoms with E-state index in [1.54, 1.807) is 10.9 Å². The molecule has 0 aliphatic heterocycles. The molecular formula is C26H42N10O8. The van der Waals surface area contributed by atoms with Gasteiger partial charge in [0, 0.05) is 25.9 Å². The fourth-order valence-corrected chi connectivity index (χ4v) is 3.79. The Morgan fingerprint density at radius 1 is 0.750 bits per heavy atom. The molecule has 244 valence electrons. The van der Waals surface area contributed by atoms with Crippen LogP contribution in [-0.4, -0.2) is 59.0 Å². The fraction of sp³-hybridized carbons (Fsp3) is 0.577. The average Bonchev–Trinajstić information content (AvgIpc) is 2.94. The second-order valence-corrected chi connectivity index (χ2v) is 9.64. The maximum absolute atomic E-state index is 12.6. The third kappa shape index (κ3) is 20.8. The van der Waals surface area contributed by atoms with E-state index in [1.807, 2.05) is 30.3 Å². The maximum atomic E-state index is 12.6. The van der Waals surface area contributed by atoms with Crippen LogP contribution in [0, 0.1) is 20.2 Å². The van der Waals surface area contributed by atoms with Gasteiger partial charge in [0.05, 0.1) is 6.42 Å². The van der Waals surface area contributed by atoms with E-state index in [0.717, 1.165) is 18.4 Å². The zero-order chi connectivity index (χ0) is 32.6. The number of aliphatic imine (C=N–C) groups is 2. The highest BCUT2D eigenvalue weighted by atomic mass is 16.7. The predicted octanol–water partition coefficient (Wildman–Crippen LogP) is 0.771. The van der Waals surface area contributed by atoms with Crippen LogP contribution in [0.4, 0.5) is 0 Å². The van der Waals surface area contributed by atoms with Crippen LogP contribution in [0.5, 0.6) is 0 Å². The SMILES string of the molecule is NC(=NCCCCCCC(=O)NC(CC(=O)OCc1ccccc1)NC(=O)CCCCCCN=C(N)N[N+](=O)[O-])N[N+](=O)[O-]. The van der Waals surface area contributed by atoms with Crippen LogP contribution in [0.3, 0.4) is 0 Å². The molecule has 0 aliphatic rings. The molecule has 0 aliphatic carbocycles. The standard InChI is InChI=1S/C26H42N10O8/c27-25(33-35(40)41)29-16-10-3-1-8-14-22(37)31-21(18-24(39)44-19-20-12-6-5-7-13-20)32-23(38)15-9-2-4-11-17-30-26(28)34-36(42)43/h5-7,12-13,21H,1-4,8-11,14-19H2,(H,31,37)(H,32,38)(H3,27,29,33)(H3,28,30,34). The number of esters is 1. The lowest BCUT2D eigenvalue weighted by molar-refractivity contribution is -0.525. The summed E-state index contributed by atoms with van der Waals surface area (Å²) in [5.74, 6) is -1.81. The molecule has 0 heterocycles. The highest BCUT2D eigenvalue weighted by Gasteiger charge is 2.19. The van der Waals surface area contributed by atoms with Crippen molar-refractivity contribution in [3.05, 3.63) is 56.1 Å². The quantitative estimate of drug-likeness (QED) is 0.0199. The number of unbranched alkanes of at least 4 members (excludes halogenated alkanes) is 6. The largest absolute Gasteiger partial charge is 0.461 e. The molecule has 1 rings (SSSR count). The molecule has 1 aromatic rings. The lowest BCUT2D eigenvalue weighted by Gasteiger charge is -2.20. The fourth-order valence-electron chi connectivity index (χ4n) is 3.79. The number of benzene rings is 1. The summed E-state index contributed by atoms with van der Waals surface area (Å²) in [6.45, 7) is 0.675. The summed E-state index contributed by atoms with van der Waals surface area (Å²) < 4.78 is 5.31. The molecule has 1 aromatic carbocycles. The lowest BCUT2D eigenvalue weighted by atomic mass is 10.1. The molecule has 0 saturated heterocycles. The molecule has 0 saturated carbocycles. The van der Waals surface area contributed by atoms with Crippen LogP contribution >= 0.6 is 0 Å². The number of hydrogen-bond donors (Lipinski definition) is 6. The molecule has 0 fully saturated rings. The molecule has 44 heavy (non-hydrogen) atoms. The monoisotopic (exact) mass is 622 g/mol. The van der Waals surface area contributed by atoms with Crippen LogP contribution < -0.4 is 33.0 Å². The minimum Gasteiger partial charge on any atom is -0.461 e. The molecule has 18 heteroatoms. The minimum atomic E-state index is -0.948. The van der Waals surface area contributed by atoms with Crippen LogP contribution in [0.15, 0.2) is 40.3 Å². The second-order valence-electron chi connectivity index (χ2n) is 9.64. The lowest BCUT2D eigenvalue weighted by Crippen LogP contribution is -2.49. The molecular weight excluding hydrogens is 580 g/mol. The van der Waals surface area contributed by atoms with E-state index in [0.29, 0.717) is 51.6 Å². The van der Waals surface area contributed by atoms with Gasteiger partial charge in [-0.2, -0.15) is 0 Å². The molecule has 18 nitrogen and oxygen atoms in total. The van der Waals surface area contributed by atoms with E-state index in [9.17, 15) is 34.6 Å². The highest BCUT2D eigenvalue weighted by Crippen LogP contribution is 2.07. The number of rotatable bonds is 22. The van der Waals surface area contributed by atoms with E-state index in [4.69, 9.17) is 16.2 Å². The van der Waals surface area contributed by atoms with Crippen molar-refractivity contribution in [1.29, 1.82) is 0 Å².